The molecule has 0 saturated heterocycles. The molecule has 2 rings (SSSR count). The van der Waals surface area contributed by atoms with E-state index in [-0.39, 0.29) is 17.0 Å². The number of rotatable bonds is 3. The Hall–Kier alpha value is -0.460. The van der Waals surface area contributed by atoms with Crippen molar-refractivity contribution in [3.05, 3.63) is 34.1 Å². The van der Waals surface area contributed by atoms with Crippen LogP contribution in [0.25, 0.3) is 0 Å². The predicted octanol–water partition coefficient (Wildman–Crippen LogP) is 3.23. The Morgan fingerprint density at radius 3 is 2.70 bits per heavy atom. The molecule has 1 fully saturated rings. The van der Waals surface area contributed by atoms with Gasteiger partial charge >= 0.3 is 0 Å². The zero-order valence-electron chi connectivity index (χ0n) is 11.2. The van der Waals surface area contributed by atoms with E-state index in [0.29, 0.717) is 22.9 Å². The van der Waals surface area contributed by atoms with E-state index in [0.717, 1.165) is 12.8 Å². The molecule has 20 heavy (non-hydrogen) atoms. The SMILES string of the molecule is CS(=O)(=O)C1CCCC(C(O)c2ccc(F)c(Br)c2)C1. The van der Waals surface area contributed by atoms with E-state index in [1.165, 1.54) is 12.3 Å². The molecule has 0 radical (unpaired) electrons. The van der Waals surface area contributed by atoms with Crippen LogP contribution in [0.3, 0.4) is 0 Å². The van der Waals surface area contributed by atoms with E-state index >= 15 is 0 Å². The second-order valence-electron chi connectivity index (χ2n) is 5.50. The molecule has 0 bridgehead atoms. The fourth-order valence-corrected chi connectivity index (χ4v) is 4.41. The Bertz CT molecular complexity index is 588. The van der Waals surface area contributed by atoms with Gasteiger partial charge in [0.25, 0.3) is 0 Å². The fraction of sp³-hybridized carbons (Fsp3) is 0.571. The van der Waals surface area contributed by atoms with Crippen LogP contribution >= 0.6 is 15.9 Å². The summed E-state index contributed by atoms with van der Waals surface area (Å²) < 4.78 is 36.8. The number of halogens is 2. The molecular formula is C14H18BrFO3S. The van der Waals surface area contributed by atoms with Crippen LogP contribution in [0, 0.1) is 11.7 Å². The molecule has 1 N–H and O–H groups in total. The van der Waals surface area contributed by atoms with Gasteiger partial charge in [-0.2, -0.15) is 0 Å². The van der Waals surface area contributed by atoms with Crippen LogP contribution in [-0.4, -0.2) is 25.0 Å². The van der Waals surface area contributed by atoms with Gasteiger partial charge in [-0.3, -0.25) is 0 Å². The smallest absolute Gasteiger partial charge is 0.150 e. The van der Waals surface area contributed by atoms with E-state index in [2.05, 4.69) is 15.9 Å². The van der Waals surface area contributed by atoms with Gasteiger partial charge in [0, 0.05) is 6.26 Å². The van der Waals surface area contributed by atoms with Gasteiger partial charge < -0.3 is 5.11 Å². The van der Waals surface area contributed by atoms with Crippen molar-refractivity contribution in [2.45, 2.75) is 37.0 Å². The number of sulfone groups is 1. The lowest BCUT2D eigenvalue weighted by atomic mass is 9.82. The van der Waals surface area contributed by atoms with Crippen molar-refractivity contribution in [1.29, 1.82) is 0 Å². The predicted molar refractivity (Wildman–Crippen MR) is 79.6 cm³/mol. The summed E-state index contributed by atoms with van der Waals surface area (Å²) >= 11 is 3.10. The minimum atomic E-state index is -3.07. The van der Waals surface area contributed by atoms with Crippen molar-refractivity contribution < 1.29 is 17.9 Å². The van der Waals surface area contributed by atoms with Gasteiger partial charge in [0.2, 0.25) is 0 Å². The average molecular weight is 365 g/mol. The van der Waals surface area contributed by atoms with Crippen molar-refractivity contribution in [2.24, 2.45) is 5.92 Å². The molecule has 1 aliphatic rings. The quantitative estimate of drug-likeness (QED) is 0.895. The highest BCUT2D eigenvalue weighted by atomic mass is 79.9. The second kappa shape index (κ2) is 6.12. The Balaban J connectivity index is 2.16. The zero-order chi connectivity index (χ0) is 14.9. The van der Waals surface area contributed by atoms with E-state index < -0.39 is 15.9 Å². The van der Waals surface area contributed by atoms with Crippen LogP contribution in [-0.2, 0) is 9.84 Å². The minimum absolute atomic E-state index is 0.0964. The molecule has 0 spiro atoms. The Labute approximate surface area is 127 Å². The maximum atomic E-state index is 13.2. The zero-order valence-corrected chi connectivity index (χ0v) is 13.6. The molecule has 1 saturated carbocycles. The van der Waals surface area contributed by atoms with Crippen molar-refractivity contribution >= 4 is 25.8 Å². The van der Waals surface area contributed by atoms with Gasteiger partial charge in [0.15, 0.2) is 0 Å². The number of benzene rings is 1. The Morgan fingerprint density at radius 2 is 2.10 bits per heavy atom. The third-order valence-corrected chi connectivity index (χ3v) is 6.25. The molecule has 0 aliphatic heterocycles. The van der Waals surface area contributed by atoms with Crippen LogP contribution in [0.4, 0.5) is 4.39 Å². The van der Waals surface area contributed by atoms with E-state index in [1.54, 1.807) is 12.1 Å². The van der Waals surface area contributed by atoms with Crippen LogP contribution in [0.1, 0.15) is 37.4 Å². The molecule has 0 heterocycles. The average Bonchev–Trinajstić information content (AvgIpc) is 2.40. The first kappa shape index (κ1) is 15.9. The van der Waals surface area contributed by atoms with Gasteiger partial charge in [0.05, 0.1) is 15.8 Å². The Kier molecular flexibility index (Phi) is 4.87. The summed E-state index contributed by atoms with van der Waals surface area (Å²) in [6.45, 7) is 0. The maximum absolute atomic E-state index is 13.2. The lowest BCUT2D eigenvalue weighted by Crippen LogP contribution is -2.30. The van der Waals surface area contributed by atoms with Crippen molar-refractivity contribution in [1.82, 2.24) is 0 Å². The van der Waals surface area contributed by atoms with Gasteiger partial charge in [-0.05, 0) is 58.8 Å². The fourth-order valence-electron chi connectivity index (χ4n) is 2.83. The van der Waals surface area contributed by atoms with Crippen molar-refractivity contribution in [3.63, 3.8) is 0 Å². The first-order chi connectivity index (χ1) is 9.29. The summed E-state index contributed by atoms with van der Waals surface area (Å²) in [4.78, 5) is 0. The van der Waals surface area contributed by atoms with Gasteiger partial charge in [-0.1, -0.05) is 12.5 Å². The molecule has 6 heteroatoms. The summed E-state index contributed by atoms with van der Waals surface area (Å²) in [6.07, 6.45) is 3.21. The molecule has 0 aromatic heterocycles. The monoisotopic (exact) mass is 364 g/mol. The molecule has 3 atom stereocenters. The molecule has 1 aromatic carbocycles. The lowest BCUT2D eigenvalue weighted by molar-refractivity contribution is 0.0856. The minimum Gasteiger partial charge on any atom is -0.388 e. The summed E-state index contributed by atoms with van der Waals surface area (Å²) in [7, 11) is -3.07. The maximum Gasteiger partial charge on any atom is 0.150 e. The van der Waals surface area contributed by atoms with Crippen LogP contribution in [0.5, 0.6) is 0 Å². The van der Waals surface area contributed by atoms with E-state index in [4.69, 9.17) is 0 Å². The third-order valence-electron chi connectivity index (χ3n) is 4.00. The number of aliphatic hydroxyl groups is 1. The molecule has 112 valence electrons. The number of aliphatic hydroxyl groups excluding tert-OH is 1. The summed E-state index contributed by atoms with van der Waals surface area (Å²) in [5, 5.41) is 10.0. The highest BCUT2D eigenvalue weighted by molar-refractivity contribution is 9.10. The molecule has 1 aromatic rings. The van der Waals surface area contributed by atoms with Crippen LogP contribution < -0.4 is 0 Å². The molecule has 1 aliphatic carbocycles. The third kappa shape index (κ3) is 3.59. The molecular weight excluding hydrogens is 347 g/mol. The van der Waals surface area contributed by atoms with E-state index in [1.807, 2.05) is 0 Å². The topological polar surface area (TPSA) is 54.4 Å². The Morgan fingerprint density at radius 1 is 1.40 bits per heavy atom. The van der Waals surface area contributed by atoms with Crippen LogP contribution in [0.15, 0.2) is 22.7 Å². The van der Waals surface area contributed by atoms with Crippen molar-refractivity contribution in [3.8, 4) is 0 Å². The largest absolute Gasteiger partial charge is 0.388 e. The molecule has 3 unspecified atom stereocenters. The first-order valence-corrected chi connectivity index (χ1v) is 9.35. The van der Waals surface area contributed by atoms with Gasteiger partial charge in [-0.25, -0.2) is 12.8 Å². The highest BCUT2D eigenvalue weighted by Crippen LogP contribution is 2.37. The highest BCUT2D eigenvalue weighted by Gasteiger charge is 2.33. The normalized spacial score (nSPS) is 25.4. The second-order valence-corrected chi connectivity index (χ2v) is 8.68. The summed E-state index contributed by atoms with van der Waals surface area (Å²) in [6, 6.07) is 4.42. The summed E-state index contributed by atoms with van der Waals surface area (Å²) in [5.41, 5.74) is 0.623. The standard InChI is InChI=1S/C14H18BrFO3S/c1-20(18,19)11-4-2-3-9(7-11)14(17)10-5-6-13(16)12(15)8-10/h5-6,8-9,11,14,17H,2-4,7H2,1H3. The first-order valence-electron chi connectivity index (χ1n) is 6.61. The number of hydrogen-bond acceptors (Lipinski definition) is 3. The molecule has 3 nitrogen and oxygen atoms in total. The molecule has 0 amide bonds. The van der Waals surface area contributed by atoms with Gasteiger partial charge in [0.1, 0.15) is 15.7 Å². The van der Waals surface area contributed by atoms with E-state index in [9.17, 15) is 17.9 Å². The van der Waals surface area contributed by atoms with Gasteiger partial charge in [-0.15, -0.1) is 0 Å². The van der Waals surface area contributed by atoms with Crippen molar-refractivity contribution in [2.75, 3.05) is 6.26 Å². The number of hydrogen-bond donors (Lipinski definition) is 1. The van der Waals surface area contributed by atoms with Crippen LogP contribution in [0.2, 0.25) is 0 Å². The summed E-state index contributed by atoms with van der Waals surface area (Å²) in [5.74, 6) is -0.473. The lowest BCUT2D eigenvalue weighted by Gasteiger charge is -2.31.